The normalized spacial score (nSPS) is 18.5. The molecule has 25 heavy (non-hydrogen) atoms. The van der Waals surface area contributed by atoms with Gasteiger partial charge in [0.25, 0.3) is 5.91 Å². The lowest BCUT2D eigenvalue weighted by atomic mass is 9.77. The van der Waals surface area contributed by atoms with Gasteiger partial charge in [0.05, 0.1) is 5.54 Å². The Morgan fingerprint density at radius 2 is 1.88 bits per heavy atom. The summed E-state index contributed by atoms with van der Waals surface area (Å²) in [5.41, 5.74) is 6.10. The summed E-state index contributed by atoms with van der Waals surface area (Å²) < 4.78 is 0. The van der Waals surface area contributed by atoms with Crippen LogP contribution < -0.4 is 5.32 Å². The van der Waals surface area contributed by atoms with Crippen molar-refractivity contribution in [1.82, 2.24) is 15.3 Å². The first-order chi connectivity index (χ1) is 12.2. The van der Waals surface area contributed by atoms with Crippen LogP contribution in [0.4, 0.5) is 0 Å². The van der Waals surface area contributed by atoms with E-state index in [4.69, 9.17) is 0 Å². The molecule has 2 N–H and O–H groups in total. The molecule has 3 aromatic rings. The Bertz CT molecular complexity index is 996. The lowest BCUT2D eigenvalue weighted by Gasteiger charge is -2.34. The van der Waals surface area contributed by atoms with E-state index in [1.54, 1.807) is 0 Å². The molecule has 1 aromatic carbocycles. The highest BCUT2D eigenvalue weighted by atomic mass is 16.2. The molecule has 2 aliphatic rings. The maximum Gasteiger partial charge on any atom is 0.252 e. The fourth-order valence-corrected chi connectivity index (χ4v) is 4.55. The smallest absolute Gasteiger partial charge is 0.252 e. The molecule has 126 valence electrons. The molecule has 4 heteroatoms. The van der Waals surface area contributed by atoms with Crippen LogP contribution in [0.2, 0.25) is 0 Å². The van der Waals surface area contributed by atoms with Gasteiger partial charge in [-0.05, 0) is 55.2 Å². The van der Waals surface area contributed by atoms with Gasteiger partial charge in [-0.1, -0.05) is 25.3 Å². The van der Waals surface area contributed by atoms with E-state index in [0.29, 0.717) is 0 Å². The van der Waals surface area contributed by atoms with Gasteiger partial charge in [0, 0.05) is 28.4 Å². The number of pyridine rings is 1. The van der Waals surface area contributed by atoms with Gasteiger partial charge in [-0.3, -0.25) is 4.79 Å². The summed E-state index contributed by atoms with van der Waals surface area (Å²) in [5, 5.41) is 4.42. The van der Waals surface area contributed by atoms with Crippen molar-refractivity contribution in [3.05, 3.63) is 53.3 Å². The fourth-order valence-electron chi connectivity index (χ4n) is 4.55. The van der Waals surface area contributed by atoms with Gasteiger partial charge in [-0.25, -0.2) is 4.98 Å². The van der Waals surface area contributed by atoms with Crippen molar-refractivity contribution >= 4 is 16.9 Å². The second kappa shape index (κ2) is 5.19. The van der Waals surface area contributed by atoms with Gasteiger partial charge >= 0.3 is 0 Å². The molecule has 0 unspecified atom stereocenters. The third kappa shape index (κ3) is 2.13. The molecule has 0 radical (unpaired) electrons. The van der Waals surface area contributed by atoms with Crippen molar-refractivity contribution in [2.45, 2.75) is 44.6 Å². The van der Waals surface area contributed by atoms with E-state index in [0.717, 1.165) is 46.3 Å². The molecule has 1 saturated carbocycles. The minimum Gasteiger partial charge on any atom is -0.346 e. The molecular formula is C21H21N3O. The number of nitrogens with zero attached hydrogens (tertiary/aromatic N) is 1. The zero-order chi connectivity index (χ0) is 17.0. The quantitative estimate of drug-likeness (QED) is 0.692. The van der Waals surface area contributed by atoms with Gasteiger partial charge < -0.3 is 10.3 Å². The van der Waals surface area contributed by atoms with Crippen LogP contribution in [0.3, 0.4) is 0 Å². The Hall–Kier alpha value is -2.62. The number of nitrogens with one attached hydrogen (secondary N) is 2. The fraction of sp³-hybridized carbons (Fsp3) is 0.333. The lowest BCUT2D eigenvalue weighted by Crippen LogP contribution is -2.40. The molecule has 1 spiro atoms. The summed E-state index contributed by atoms with van der Waals surface area (Å²) in [5.74, 6) is 0.0830. The number of aryl methyl sites for hydroxylation is 1. The van der Waals surface area contributed by atoms with Crippen LogP contribution in [-0.2, 0) is 5.54 Å². The SMILES string of the molecule is Cc1ccc2c(-c3ccc4c(c3)C3(CCCCC3)NC4=O)c[nH]c2n1. The molecule has 4 nitrogen and oxygen atoms in total. The topological polar surface area (TPSA) is 57.8 Å². The van der Waals surface area contributed by atoms with Crippen LogP contribution in [0, 0.1) is 6.92 Å². The predicted molar refractivity (Wildman–Crippen MR) is 98.5 cm³/mol. The maximum atomic E-state index is 12.5. The lowest BCUT2D eigenvalue weighted by molar-refractivity contribution is 0.0909. The van der Waals surface area contributed by atoms with E-state index in [-0.39, 0.29) is 11.4 Å². The molecule has 3 heterocycles. The number of rotatable bonds is 1. The minimum atomic E-state index is -0.151. The van der Waals surface area contributed by atoms with E-state index in [9.17, 15) is 4.79 Å². The second-order valence-corrected chi connectivity index (χ2v) is 7.41. The van der Waals surface area contributed by atoms with Crippen molar-refractivity contribution in [2.24, 2.45) is 0 Å². The summed E-state index contributed by atoms with van der Waals surface area (Å²) in [7, 11) is 0. The number of carbonyl (C=O) groups excluding carboxylic acids is 1. The van der Waals surface area contributed by atoms with Crippen molar-refractivity contribution in [2.75, 3.05) is 0 Å². The number of fused-ring (bicyclic) bond motifs is 3. The van der Waals surface area contributed by atoms with E-state index >= 15 is 0 Å². The number of benzene rings is 1. The van der Waals surface area contributed by atoms with Crippen molar-refractivity contribution in [3.63, 3.8) is 0 Å². The summed E-state index contributed by atoms with van der Waals surface area (Å²) >= 11 is 0. The number of H-pyrrole nitrogens is 1. The number of aromatic amines is 1. The largest absolute Gasteiger partial charge is 0.346 e. The number of hydrogen-bond acceptors (Lipinski definition) is 2. The Kier molecular flexibility index (Phi) is 3.05. The molecular weight excluding hydrogens is 310 g/mol. The number of aromatic nitrogens is 2. The van der Waals surface area contributed by atoms with Crippen LogP contribution in [0.1, 0.15) is 53.7 Å². The predicted octanol–water partition coefficient (Wildman–Crippen LogP) is 4.44. The summed E-state index contributed by atoms with van der Waals surface area (Å²) in [6.45, 7) is 2.00. The first kappa shape index (κ1) is 14.7. The first-order valence-electron chi connectivity index (χ1n) is 9.08. The average molecular weight is 331 g/mol. The van der Waals surface area contributed by atoms with Gasteiger partial charge in [-0.2, -0.15) is 0 Å². The standard InChI is InChI=1S/C21H21N3O/c1-13-5-7-15-17(12-22-19(15)23-13)14-6-8-16-18(11-14)21(24-20(16)25)9-3-2-4-10-21/h5-8,11-12H,2-4,9-10H2,1H3,(H,22,23)(H,24,25). The third-order valence-corrected chi connectivity index (χ3v) is 5.83. The van der Waals surface area contributed by atoms with Crippen LogP contribution >= 0.6 is 0 Å². The van der Waals surface area contributed by atoms with E-state index in [1.807, 2.05) is 25.3 Å². The monoisotopic (exact) mass is 331 g/mol. The highest BCUT2D eigenvalue weighted by molar-refractivity contribution is 6.01. The Morgan fingerprint density at radius 3 is 2.72 bits per heavy atom. The summed E-state index contributed by atoms with van der Waals surface area (Å²) in [4.78, 5) is 20.3. The second-order valence-electron chi connectivity index (χ2n) is 7.41. The van der Waals surface area contributed by atoms with Crippen LogP contribution in [-0.4, -0.2) is 15.9 Å². The van der Waals surface area contributed by atoms with E-state index in [1.165, 1.54) is 24.8 Å². The minimum absolute atomic E-state index is 0.0830. The van der Waals surface area contributed by atoms with Crippen molar-refractivity contribution in [1.29, 1.82) is 0 Å². The van der Waals surface area contributed by atoms with Crippen LogP contribution in [0.5, 0.6) is 0 Å². The number of carbonyl (C=O) groups is 1. The Balaban J connectivity index is 1.67. The molecule has 2 aromatic heterocycles. The number of hydrogen-bond donors (Lipinski definition) is 2. The molecule has 1 fully saturated rings. The highest BCUT2D eigenvalue weighted by Gasteiger charge is 2.43. The van der Waals surface area contributed by atoms with Gasteiger partial charge in [0.1, 0.15) is 5.65 Å². The molecule has 1 aliphatic heterocycles. The summed E-state index contributed by atoms with van der Waals surface area (Å²) in [6.07, 6.45) is 7.74. The Labute approximate surface area is 146 Å². The molecule has 1 amide bonds. The first-order valence-corrected chi connectivity index (χ1v) is 9.08. The van der Waals surface area contributed by atoms with Crippen molar-refractivity contribution in [3.8, 4) is 11.1 Å². The van der Waals surface area contributed by atoms with Crippen molar-refractivity contribution < 1.29 is 4.79 Å². The average Bonchev–Trinajstić information content (AvgIpc) is 3.15. The molecule has 0 atom stereocenters. The number of amides is 1. The van der Waals surface area contributed by atoms with Gasteiger partial charge in [-0.15, -0.1) is 0 Å². The Morgan fingerprint density at radius 1 is 1.04 bits per heavy atom. The summed E-state index contributed by atoms with van der Waals surface area (Å²) in [6, 6.07) is 10.4. The molecule has 1 aliphatic carbocycles. The zero-order valence-corrected chi connectivity index (χ0v) is 14.4. The van der Waals surface area contributed by atoms with E-state index < -0.39 is 0 Å². The van der Waals surface area contributed by atoms with Crippen LogP contribution in [0.15, 0.2) is 36.5 Å². The molecule has 0 bridgehead atoms. The highest BCUT2D eigenvalue weighted by Crippen LogP contribution is 2.44. The van der Waals surface area contributed by atoms with Gasteiger partial charge in [0.15, 0.2) is 0 Å². The van der Waals surface area contributed by atoms with Crippen LogP contribution in [0.25, 0.3) is 22.2 Å². The molecule has 0 saturated heterocycles. The maximum absolute atomic E-state index is 12.5. The molecule has 5 rings (SSSR count). The van der Waals surface area contributed by atoms with Gasteiger partial charge in [0.2, 0.25) is 0 Å². The third-order valence-electron chi connectivity index (χ3n) is 5.83. The van der Waals surface area contributed by atoms with E-state index in [2.05, 4.69) is 33.5 Å². The zero-order valence-electron chi connectivity index (χ0n) is 14.4.